The molecule has 0 spiro atoms. The Morgan fingerprint density at radius 3 is 0.956 bits per heavy atom. The first kappa shape index (κ1) is 138. The molecule has 0 heterocycles. The standard InChI is InChI=1S/C14H19F3O2.C14H11F3O2.C13H19FO2.C9H15FO3.C9H15FO2.C7H13FO2.C7H15F.C4H7FO2.8O3S/c15-14(16,17)1-2-19-12(18)13-6-9-3-10(7-13)5-11(4-9)8-13;15-14(16,17)7-8-19-13(18)12-6-5-10-3-1-2-4-11(10)9-12;14-1-2-16-12(15)13-6-9-3-10(7-13)5-11(4-9)8-13;10-6-7-12-9(11)13-8-4-2-1-3-5-8;10-6-7-12-9(11)8-4-2-1-3-5-8;1-7(2,3)6(9)10-5-4-8;1-7(2,3)5-4-6-8;1-4(6)7-3-2-5;8*1-4(2)3/h9-11H,1-8H2;1-6,9H,7-8H2;9-11H,1-8H2;8H,1-7H2;8H,1-7H2;4-5H2,1-3H3;4-6H2,1-3H3;2-3H2,1H3;;;;;;;;. The lowest BCUT2D eigenvalue weighted by Gasteiger charge is -2.55. The van der Waals surface area contributed by atoms with E-state index in [4.69, 9.17) is 120 Å². The summed E-state index contributed by atoms with van der Waals surface area (Å²) < 4.78 is 381. The number of carbonyl (C=O) groups is 7. The lowest BCUT2D eigenvalue weighted by molar-refractivity contribution is -0.179. The summed E-state index contributed by atoms with van der Waals surface area (Å²) in [5.74, 6) is 1.86. The molecule has 0 atom stereocenters. The van der Waals surface area contributed by atoms with E-state index in [2.05, 4.69) is 39.7 Å². The molecule has 39 nitrogen and oxygen atoms in total. The van der Waals surface area contributed by atoms with Gasteiger partial charge in [-0.15, -0.1) is 101 Å². The zero-order chi connectivity index (χ0) is 106. The molecule has 10 aliphatic rings. The molecule has 136 heavy (non-hydrogen) atoms. The number of hydrogen-bond donors (Lipinski definition) is 0. The first-order chi connectivity index (χ1) is 62.9. The van der Waals surface area contributed by atoms with Crippen LogP contribution in [0.25, 0.3) is 10.8 Å². The van der Waals surface area contributed by atoms with Crippen molar-refractivity contribution in [3.05, 3.63) is 48.0 Å². The van der Waals surface area contributed by atoms with Gasteiger partial charge >= 0.3 is 139 Å². The number of ether oxygens (including phenoxy) is 8. The second kappa shape index (κ2) is 77.8. The average molecular weight is 2150 g/mol. The van der Waals surface area contributed by atoms with E-state index in [1.54, 1.807) is 32.9 Å². The molecule has 12 rings (SSSR count). The van der Waals surface area contributed by atoms with E-state index in [1.165, 1.54) is 64.4 Å². The fourth-order valence-electron chi connectivity index (χ4n) is 15.3. The molecule has 8 bridgehead atoms. The van der Waals surface area contributed by atoms with E-state index >= 15 is 0 Å². The largest absolute Gasteiger partial charge is 0.508 e. The zero-order valence-electron chi connectivity index (χ0n) is 75.0. The number of fused-ring (bicyclic) bond motifs is 1. The molecule has 0 aliphatic heterocycles. The molecule has 0 aromatic heterocycles. The molecule has 0 amide bonds. The Labute approximate surface area is 789 Å². The van der Waals surface area contributed by atoms with Crippen LogP contribution in [0.4, 0.5) is 57.5 Å². The zero-order valence-corrected chi connectivity index (χ0v) is 81.5. The van der Waals surface area contributed by atoms with Crippen molar-refractivity contribution in [3.8, 4) is 0 Å². The maximum absolute atomic E-state index is 12.2. The number of halogens is 12. The smallest absolute Gasteiger partial charge is 0.465 e. The number of rotatable bonds is 21. The Morgan fingerprint density at radius 1 is 0.353 bits per heavy atom. The highest BCUT2D eigenvalue weighted by atomic mass is 32.2. The van der Waals surface area contributed by atoms with E-state index in [1.807, 2.05) is 24.3 Å². The number of benzene rings is 2. The van der Waals surface area contributed by atoms with Crippen molar-refractivity contribution in [2.45, 2.75) is 234 Å². The van der Waals surface area contributed by atoms with Crippen molar-refractivity contribution in [1.82, 2.24) is 0 Å². The van der Waals surface area contributed by atoms with Crippen molar-refractivity contribution in [2.24, 2.45) is 63.1 Å². The summed E-state index contributed by atoms with van der Waals surface area (Å²) in [4.78, 5) is 78.5. The summed E-state index contributed by atoms with van der Waals surface area (Å²) >= 11 is 0. The summed E-state index contributed by atoms with van der Waals surface area (Å²) in [6, 6.07) is 12.3. The third kappa shape index (κ3) is 85.3. The van der Waals surface area contributed by atoms with Crippen molar-refractivity contribution in [3.63, 3.8) is 0 Å². The topological polar surface area (TPSA) is 603 Å². The van der Waals surface area contributed by atoms with Crippen LogP contribution >= 0.6 is 0 Å². The van der Waals surface area contributed by atoms with Crippen LogP contribution in [0.1, 0.15) is 226 Å². The van der Waals surface area contributed by atoms with Gasteiger partial charge in [0.05, 0.1) is 53.8 Å². The minimum atomic E-state index is -4.32. The molecule has 0 N–H and O–H groups in total. The summed E-state index contributed by atoms with van der Waals surface area (Å²) in [5, 5.41) is 1.79. The Morgan fingerprint density at radius 2 is 0.654 bits per heavy atom. The van der Waals surface area contributed by atoms with Gasteiger partial charge in [-0.2, -0.15) is 26.3 Å². The fourth-order valence-corrected chi connectivity index (χ4v) is 15.3. The van der Waals surface area contributed by atoms with Crippen LogP contribution in [0.2, 0.25) is 0 Å². The van der Waals surface area contributed by atoms with Gasteiger partial charge in [0, 0.05) is 6.92 Å². The summed E-state index contributed by atoms with van der Waals surface area (Å²) in [6.45, 7) is 7.90. The second-order valence-corrected chi connectivity index (χ2v) is 35.5. The monoisotopic (exact) mass is 2150 g/mol. The second-order valence-electron chi connectivity index (χ2n) is 32.2. The molecule has 0 unspecified atom stereocenters. The molecule has 10 aliphatic carbocycles. The molecular formula is C77H114F12O39S8. The van der Waals surface area contributed by atoms with Gasteiger partial charge in [0.1, 0.15) is 79.1 Å². The van der Waals surface area contributed by atoms with E-state index in [9.17, 15) is 86.2 Å². The summed E-state index contributed by atoms with van der Waals surface area (Å²) in [7, 11) is -24.9. The molecule has 59 heteroatoms. The maximum Gasteiger partial charge on any atom is 0.508 e. The van der Waals surface area contributed by atoms with Gasteiger partial charge in [-0.1, -0.05) is 76.8 Å². The Hall–Kier alpha value is -9.09. The quantitative estimate of drug-likeness (QED) is 0.0636. The van der Waals surface area contributed by atoms with Gasteiger partial charge in [0.25, 0.3) is 0 Å². The number of carbonyl (C=O) groups excluding carboxylic acids is 7. The minimum absolute atomic E-state index is 0.0131. The molecule has 2 aromatic carbocycles. The van der Waals surface area contributed by atoms with Crippen molar-refractivity contribution in [2.75, 3.05) is 86.3 Å². The highest BCUT2D eigenvalue weighted by Crippen LogP contribution is 2.62. The predicted octanol–water partition coefficient (Wildman–Crippen LogP) is 11.7. The highest BCUT2D eigenvalue weighted by Gasteiger charge is 2.57. The lowest BCUT2D eigenvalue weighted by Crippen LogP contribution is -2.50. The molecule has 10 fully saturated rings. The third-order valence-corrected chi connectivity index (χ3v) is 19.2. The average Bonchev–Trinajstić information content (AvgIpc) is 0.746. The summed E-state index contributed by atoms with van der Waals surface area (Å²) in [5.41, 5.74) is -0.619. The van der Waals surface area contributed by atoms with E-state index < -0.39 is 186 Å². The van der Waals surface area contributed by atoms with Crippen molar-refractivity contribution >= 4 is 138 Å². The van der Waals surface area contributed by atoms with E-state index in [0.717, 1.165) is 125 Å². The molecular weight excluding hydrogens is 2030 g/mol. The van der Waals surface area contributed by atoms with Crippen LogP contribution in [0, 0.1) is 63.1 Å². The van der Waals surface area contributed by atoms with Crippen LogP contribution in [-0.4, -0.2) is 248 Å². The Balaban J connectivity index is -0.000000344. The SMILES string of the molecule is CC(=O)OCCF.CC(C)(C)C(=O)OCCF.CC(C)(C)CCCF.O=C(OCCC(F)(F)F)C12CC3CC(CC(C3)C1)C2.O=C(OCCC(F)(F)F)c1ccc2ccccc2c1.O=C(OCCF)C12CC3CC(CC(C3)C1)C2.O=C(OCCF)C1CCCCC1.O=C(OCCF)OC1CCCCC1.O=S(=O)=O.O=S(=O)=O.O=S(=O)=O.O=S(=O)=O.O=S(=O)=O.O=S(=O)=O.O=S(=O)=O.O=S(=O)=O. The van der Waals surface area contributed by atoms with E-state index in [0.29, 0.717) is 29.6 Å². The van der Waals surface area contributed by atoms with Crippen LogP contribution in [0.3, 0.4) is 0 Å². The van der Waals surface area contributed by atoms with E-state index in [-0.39, 0.29) is 86.6 Å². The predicted molar refractivity (Wildman–Crippen MR) is 445 cm³/mol. The van der Waals surface area contributed by atoms with Gasteiger partial charge in [-0.3, -0.25) is 28.4 Å². The minimum Gasteiger partial charge on any atom is -0.465 e. The fraction of sp³-hybridized carbons (Fsp3) is 0.779. The van der Waals surface area contributed by atoms with Gasteiger partial charge < -0.3 is 37.9 Å². The van der Waals surface area contributed by atoms with Crippen molar-refractivity contribution in [1.29, 1.82) is 0 Å². The number of esters is 6. The van der Waals surface area contributed by atoms with Crippen LogP contribution < -0.4 is 0 Å². The number of alkyl halides is 12. The summed E-state index contributed by atoms with van der Waals surface area (Å²) in [6.07, 6.45) is 13.8. The molecule has 2 aromatic rings. The molecule has 0 radical (unpaired) electrons. The normalized spacial score (nSPS) is 19.3. The van der Waals surface area contributed by atoms with Gasteiger partial charge in [-0.25, -0.2) is 31.5 Å². The lowest BCUT2D eigenvalue weighted by atomic mass is 9.49. The van der Waals surface area contributed by atoms with Gasteiger partial charge in [0.2, 0.25) is 0 Å². The number of hydrogen-bond acceptors (Lipinski definition) is 39. The maximum atomic E-state index is 12.2. The molecule has 788 valence electrons. The first-order valence-corrected chi connectivity index (χ1v) is 48.8. The van der Waals surface area contributed by atoms with Gasteiger partial charge in [-0.05, 0) is 213 Å². The van der Waals surface area contributed by atoms with Crippen LogP contribution in [0.5, 0.6) is 0 Å². The molecule has 10 saturated carbocycles. The molecule has 0 saturated heterocycles. The first-order valence-electron chi connectivity index (χ1n) is 40.8. The van der Waals surface area contributed by atoms with Crippen molar-refractivity contribution < 1.29 is 225 Å². The highest BCUT2D eigenvalue weighted by molar-refractivity contribution is 7.60. The Bertz CT molecular complexity index is 4360. The van der Waals surface area contributed by atoms with Crippen LogP contribution in [0.15, 0.2) is 42.5 Å². The van der Waals surface area contributed by atoms with Crippen LogP contribution in [-0.2, 0) is 147 Å². The Kier molecular flexibility index (Phi) is 78.7. The third-order valence-electron chi connectivity index (χ3n) is 19.2. The van der Waals surface area contributed by atoms with Gasteiger partial charge in [0.15, 0.2) is 0 Å².